The largest absolute Gasteiger partial charge is 0.472 e. The number of esters is 4. The predicted octanol–water partition coefficient (Wildman–Crippen LogP) is 22.1. The van der Waals surface area contributed by atoms with E-state index in [2.05, 4.69) is 34.6 Å². The average molecular weight is 1380 g/mol. The molecule has 0 aliphatic carbocycles. The lowest BCUT2D eigenvalue weighted by Crippen LogP contribution is -2.30. The van der Waals surface area contributed by atoms with Gasteiger partial charge in [0, 0.05) is 25.7 Å². The van der Waals surface area contributed by atoms with Gasteiger partial charge in [-0.2, -0.15) is 0 Å². The zero-order valence-corrected chi connectivity index (χ0v) is 62.9. The van der Waals surface area contributed by atoms with Gasteiger partial charge in [-0.15, -0.1) is 0 Å². The van der Waals surface area contributed by atoms with Gasteiger partial charge in [-0.05, 0) is 31.6 Å². The normalized spacial score (nSPS) is 14.0. The van der Waals surface area contributed by atoms with E-state index < -0.39 is 97.5 Å². The third-order valence-corrected chi connectivity index (χ3v) is 19.4. The summed E-state index contributed by atoms with van der Waals surface area (Å²) in [6, 6.07) is 0. The Bertz CT molecular complexity index is 1810. The molecule has 0 aromatic rings. The number of hydrogen-bond donors (Lipinski definition) is 3. The highest BCUT2D eigenvalue weighted by Crippen LogP contribution is 2.45. The SMILES string of the molecule is CCCCCCCCCCCCCCCCCCCCCCCC(=O)O[C@H](COC(=O)CCCCCCCCCCCCCC(C)C)COP(=O)(O)OC[C@@H](O)COP(=O)(O)OC[C@@H](COC(=O)CCCCCCCCCC)OC(=O)CCCCCCCCCCCCC. The van der Waals surface area contributed by atoms with Crippen LogP contribution in [0.4, 0.5) is 0 Å². The van der Waals surface area contributed by atoms with E-state index in [4.69, 9.17) is 37.0 Å². The van der Waals surface area contributed by atoms with Gasteiger partial charge in [-0.25, -0.2) is 9.13 Å². The molecular weight excluding hydrogens is 1230 g/mol. The summed E-state index contributed by atoms with van der Waals surface area (Å²) in [5.41, 5.74) is 0. The molecule has 0 saturated heterocycles. The molecule has 2 unspecified atom stereocenters. The second-order valence-corrected chi connectivity index (χ2v) is 30.4. The number of rotatable bonds is 75. The van der Waals surface area contributed by atoms with E-state index in [-0.39, 0.29) is 25.7 Å². The van der Waals surface area contributed by atoms with E-state index in [0.29, 0.717) is 25.7 Å². The van der Waals surface area contributed by atoms with Gasteiger partial charge in [0.25, 0.3) is 0 Å². The third kappa shape index (κ3) is 68.6. The second kappa shape index (κ2) is 68.2. The molecule has 0 aliphatic heterocycles. The summed E-state index contributed by atoms with van der Waals surface area (Å²) in [5.74, 6) is -1.35. The van der Waals surface area contributed by atoms with Gasteiger partial charge in [-0.1, -0.05) is 343 Å². The number of phosphoric ester groups is 2. The first-order valence-corrected chi connectivity index (χ1v) is 42.1. The molecule has 0 bridgehead atoms. The van der Waals surface area contributed by atoms with Crippen LogP contribution in [0.25, 0.3) is 0 Å². The van der Waals surface area contributed by atoms with E-state index >= 15 is 0 Å². The molecule has 94 heavy (non-hydrogen) atoms. The molecule has 0 radical (unpaired) electrons. The van der Waals surface area contributed by atoms with Crippen LogP contribution >= 0.6 is 15.6 Å². The standard InChI is InChI=1S/C75H146O17P2/c1-6-9-12-15-18-21-23-24-25-26-27-28-29-30-31-32-36-41-46-51-56-61-75(80)92-71(65-86-73(78)59-54-49-44-39-37-33-35-38-42-47-52-57-68(4)5)67-90-94(83,84)88-63-69(76)62-87-93(81,82)89-66-70(64-85-72(77)58-53-48-43-20-17-14-11-8-3)91-74(79)60-55-50-45-40-34-22-19-16-13-10-7-2/h68-71,76H,6-67H2,1-5H3,(H,81,82)(H,83,84)/t69-,70+,71+/m0/s1. The first-order chi connectivity index (χ1) is 45.5. The number of ether oxygens (including phenoxy) is 4. The Hall–Kier alpha value is -1.94. The van der Waals surface area contributed by atoms with Crippen molar-refractivity contribution in [3.63, 3.8) is 0 Å². The Morgan fingerprint density at radius 3 is 0.723 bits per heavy atom. The van der Waals surface area contributed by atoms with Gasteiger partial charge >= 0.3 is 39.5 Å². The van der Waals surface area contributed by atoms with Gasteiger partial charge in [0.1, 0.15) is 19.3 Å². The van der Waals surface area contributed by atoms with Crippen molar-refractivity contribution in [2.75, 3.05) is 39.6 Å². The molecular formula is C75H146O17P2. The van der Waals surface area contributed by atoms with Gasteiger partial charge in [0.2, 0.25) is 0 Å². The maximum atomic E-state index is 13.1. The van der Waals surface area contributed by atoms with Crippen LogP contribution < -0.4 is 0 Å². The quantitative estimate of drug-likeness (QED) is 0.0222. The van der Waals surface area contributed by atoms with Crippen molar-refractivity contribution in [1.82, 2.24) is 0 Å². The van der Waals surface area contributed by atoms with Gasteiger partial charge in [0.15, 0.2) is 12.2 Å². The molecule has 3 N–H and O–H groups in total. The lowest BCUT2D eigenvalue weighted by molar-refractivity contribution is -0.161. The highest BCUT2D eigenvalue weighted by molar-refractivity contribution is 7.47. The minimum atomic E-state index is -4.95. The zero-order chi connectivity index (χ0) is 69.1. The van der Waals surface area contributed by atoms with Crippen molar-refractivity contribution in [2.24, 2.45) is 5.92 Å². The van der Waals surface area contributed by atoms with Crippen LogP contribution in [0.2, 0.25) is 0 Å². The number of aliphatic hydroxyl groups is 1. The van der Waals surface area contributed by atoms with Crippen LogP contribution in [0, 0.1) is 5.92 Å². The van der Waals surface area contributed by atoms with Crippen molar-refractivity contribution in [3.8, 4) is 0 Å². The molecule has 0 aromatic carbocycles. The summed E-state index contributed by atoms with van der Waals surface area (Å²) in [7, 11) is -9.90. The summed E-state index contributed by atoms with van der Waals surface area (Å²) in [6.45, 7) is 7.25. The Balaban J connectivity index is 5.17. The molecule has 558 valence electrons. The number of carbonyl (C=O) groups excluding carboxylic acids is 4. The van der Waals surface area contributed by atoms with Crippen molar-refractivity contribution < 1.29 is 80.2 Å². The molecule has 0 saturated carbocycles. The van der Waals surface area contributed by atoms with E-state index in [1.54, 1.807) is 0 Å². The molecule has 0 rings (SSSR count). The van der Waals surface area contributed by atoms with E-state index in [0.717, 1.165) is 102 Å². The molecule has 0 heterocycles. The maximum absolute atomic E-state index is 13.1. The molecule has 0 fully saturated rings. The fourth-order valence-corrected chi connectivity index (χ4v) is 13.1. The molecule has 0 amide bonds. The Morgan fingerprint density at radius 2 is 0.489 bits per heavy atom. The first-order valence-electron chi connectivity index (χ1n) is 39.1. The number of carbonyl (C=O) groups is 4. The fourth-order valence-electron chi connectivity index (χ4n) is 11.5. The van der Waals surface area contributed by atoms with Crippen LogP contribution in [0.5, 0.6) is 0 Å². The van der Waals surface area contributed by atoms with Gasteiger partial charge in [0.05, 0.1) is 26.4 Å². The minimum Gasteiger partial charge on any atom is -0.462 e. The topological polar surface area (TPSA) is 237 Å². The monoisotopic (exact) mass is 1380 g/mol. The highest BCUT2D eigenvalue weighted by atomic mass is 31.2. The summed E-state index contributed by atoms with van der Waals surface area (Å²) in [4.78, 5) is 72.6. The summed E-state index contributed by atoms with van der Waals surface area (Å²) < 4.78 is 68.4. The average Bonchev–Trinajstić information content (AvgIpc) is 3.25. The Kier molecular flexibility index (Phi) is 66.8. The summed E-state index contributed by atoms with van der Waals surface area (Å²) in [6.07, 6.45) is 57.0. The lowest BCUT2D eigenvalue weighted by atomic mass is 10.0. The number of aliphatic hydroxyl groups excluding tert-OH is 1. The van der Waals surface area contributed by atoms with Crippen LogP contribution in [0.15, 0.2) is 0 Å². The fraction of sp³-hybridized carbons (Fsp3) is 0.947. The highest BCUT2D eigenvalue weighted by Gasteiger charge is 2.30. The van der Waals surface area contributed by atoms with Crippen molar-refractivity contribution in [3.05, 3.63) is 0 Å². The van der Waals surface area contributed by atoms with E-state index in [1.165, 1.54) is 212 Å². The molecule has 0 spiro atoms. The summed E-state index contributed by atoms with van der Waals surface area (Å²) >= 11 is 0. The van der Waals surface area contributed by atoms with Crippen molar-refractivity contribution >= 4 is 39.5 Å². The van der Waals surface area contributed by atoms with Crippen LogP contribution in [-0.4, -0.2) is 96.7 Å². The zero-order valence-electron chi connectivity index (χ0n) is 61.1. The third-order valence-electron chi connectivity index (χ3n) is 17.5. The second-order valence-electron chi connectivity index (χ2n) is 27.5. The molecule has 0 aliphatic rings. The lowest BCUT2D eigenvalue weighted by Gasteiger charge is -2.21. The number of hydrogen-bond acceptors (Lipinski definition) is 15. The Morgan fingerprint density at radius 1 is 0.287 bits per heavy atom. The van der Waals surface area contributed by atoms with Crippen molar-refractivity contribution in [2.45, 2.75) is 412 Å². The van der Waals surface area contributed by atoms with Crippen LogP contribution in [0.3, 0.4) is 0 Å². The summed E-state index contributed by atoms with van der Waals surface area (Å²) in [5, 5.41) is 10.6. The van der Waals surface area contributed by atoms with Gasteiger partial charge in [-0.3, -0.25) is 37.3 Å². The number of phosphoric acid groups is 2. The molecule has 5 atom stereocenters. The predicted molar refractivity (Wildman–Crippen MR) is 382 cm³/mol. The first kappa shape index (κ1) is 92.1. The van der Waals surface area contributed by atoms with E-state index in [9.17, 15) is 43.2 Å². The molecule has 17 nitrogen and oxygen atoms in total. The smallest absolute Gasteiger partial charge is 0.462 e. The minimum absolute atomic E-state index is 0.107. The van der Waals surface area contributed by atoms with Crippen LogP contribution in [-0.2, 0) is 65.4 Å². The number of unbranched alkanes of at least 4 members (excludes halogenated alkanes) is 47. The molecule has 19 heteroatoms. The van der Waals surface area contributed by atoms with Crippen LogP contribution in [0.1, 0.15) is 394 Å². The molecule has 0 aromatic heterocycles. The van der Waals surface area contributed by atoms with Gasteiger partial charge < -0.3 is 33.8 Å². The Labute approximate surface area is 575 Å². The van der Waals surface area contributed by atoms with Crippen molar-refractivity contribution in [1.29, 1.82) is 0 Å². The van der Waals surface area contributed by atoms with E-state index in [1.807, 2.05) is 0 Å². The maximum Gasteiger partial charge on any atom is 0.472 e.